The van der Waals surface area contributed by atoms with E-state index in [0.29, 0.717) is 0 Å². The van der Waals surface area contributed by atoms with Gasteiger partial charge < -0.3 is 32.7 Å². The average Bonchev–Trinajstić information content (AvgIpc) is 3.18. The molecule has 1 aromatic heterocycles. The molecule has 0 radical (unpaired) electrons. The van der Waals surface area contributed by atoms with Crippen molar-refractivity contribution in [2.75, 3.05) is 46.8 Å². The minimum Gasteiger partial charge on any atom is -0.382 e. The van der Waals surface area contributed by atoms with Gasteiger partial charge in [-0.15, -0.1) is 0 Å². The minimum absolute atomic E-state index is 0.0418. The number of hydrogen-bond acceptors (Lipinski definition) is 9. The molecule has 0 spiro atoms. The molecule has 1 aliphatic heterocycles. The van der Waals surface area contributed by atoms with Gasteiger partial charge in [-0.05, 0) is 47.9 Å². The molecule has 0 saturated carbocycles. The zero-order valence-corrected chi connectivity index (χ0v) is 26.1. The van der Waals surface area contributed by atoms with E-state index in [0.717, 1.165) is 10.4 Å². The fourth-order valence-corrected chi connectivity index (χ4v) is 6.66. The number of ether oxygens (including phenoxy) is 3. The van der Waals surface area contributed by atoms with Crippen molar-refractivity contribution in [2.45, 2.75) is 71.2 Å². The van der Waals surface area contributed by atoms with Crippen molar-refractivity contribution in [1.82, 2.24) is 14.2 Å². The first-order valence-corrected chi connectivity index (χ1v) is 16.7. The molecule has 12 nitrogen and oxygen atoms in total. The third-order valence-corrected chi connectivity index (χ3v) is 8.77. The number of rotatable bonds is 15. The lowest BCUT2D eigenvalue weighted by Crippen LogP contribution is -2.42. The maximum Gasteiger partial charge on any atom is 0.330 e. The number of halogens is 1. The van der Waals surface area contributed by atoms with E-state index in [1.807, 2.05) is 32.4 Å². The molecule has 0 bridgehead atoms. The molecule has 40 heavy (non-hydrogen) atoms. The molecule has 1 aromatic rings. The highest BCUT2D eigenvalue weighted by Gasteiger charge is 2.52. The zero-order valence-electron chi connectivity index (χ0n) is 24.3. The third-order valence-electron chi connectivity index (χ3n) is 5.78. The first kappa shape index (κ1) is 34.5. The molecule has 2 rings (SSSR count). The van der Waals surface area contributed by atoms with Crippen LogP contribution in [0, 0.1) is 13.5 Å². The Bertz CT molecular complexity index is 1200. The van der Waals surface area contributed by atoms with Crippen LogP contribution in [0.5, 0.6) is 0 Å². The SMILES string of the molecule is [C-]#[N+]CCOP(O[C@H]1[C@@H](OCCOC)[C@H](n2cc(C)c(=O)[nH]c2=O)O[C@@H]1/C(F)=C/P(C)(C)=O)N(C(C)C)C(C)C. The van der Waals surface area contributed by atoms with Crippen LogP contribution in [0.2, 0.25) is 0 Å². The molecule has 0 aliphatic carbocycles. The monoisotopic (exact) mass is 606 g/mol. The molecule has 15 heteroatoms. The van der Waals surface area contributed by atoms with Gasteiger partial charge in [0.15, 0.2) is 6.23 Å². The van der Waals surface area contributed by atoms with Crippen molar-refractivity contribution < 1.29 is 32.2 Å². The number of aromatic nitrogens is 2. The van der Waals surface area contributed by atoms with Gasteiger partial charge in [0.05, 0.1) is 13.2 Å². The Morgan fingerprint density at radius 1 is 1.25 bits per heavy atom. The molecule has 226 valence electrons. The minimum atomic E-state index is -2.99. The van der Waals surface area contributed by atoms with E-state index in [1.54, 1.807) is 0 Å². The molecule has 0 amide bonds. The fourth-order valence-electron chi connectivity index (χ4n) is 4.18. The molecule has 5 atom stereocenters. The van der Waals surface area contributed by atoms with E-state index in [4.69, 9.17) is 29.8 Å². The summed E-state index contributed by atoms with van der Waals surface area (Å²) < 4.78 is 61.3. The van der Waals surface area contributed by atoms with E-state index in [2.05, 4.69) is 9.83 Å². The van der Waals surface area contributed by atoms with Crippen molar-refractivity contribution in [3.05, 3.63) is 55.7 Å². The Kier molecular flexibility index (Phi) is 13.3. The molecular weight excluding hydrogens is 565 g/mol. The average molecular weight is 607 g/mol. The van der Waals surface area contributed by atoms with Gasteiger partial charge in [0.2, 0.25) is 6.54 Å². The number of nitrogens with one attached hydrogen (secondary N) is 1. The summed E-state index contributed by atoms with van der Waals surface area (Å²) in [5, 5.41) is 0. The zero-order chi connectivity index (χ0) is 30.2. The first-order chi connectivity index (χ1) is 18.7. The van der Waals surface area contributed by atoms with Gasteiger partial charge in [-0.2, -0.15) is 0 Å². The lowest BCUT2D eigenvalue weighted by molar-refractivity contribution is -0.0776. The summed E-state index contributed by atoms with van der Waals surface area (Å²) in [4.78, 5) is 30.5. The largest absolute Gasteiger partial charge is 0.382 e. The second-order valence-corrected chi connectivity index (χ2v) is 14.8. The third kappa shape index (κ3) is 9.40. The van der Waals surface area contributed by atoms with Crippen molar-refractivity contribution in [1.29, 1.82) is 0 Å². The summed E-state index contributed by atoms with van der Waals surface area (Å²) in [5.74, 6) is 0.168. The van der Waals surface area contributed by atoms with Gasteiger partial charge in [0, 0.05) is 36.8 Å². The summed E-state index contributed by atoms with van der Waals surface area (Å²) >= 11 is 0. The number of aromatic amines is 1. The van der Waals surface area contributed by atoms with E-state index in [1.165, 1.54) is 33.6 Å². The summed E-state index contributed by atoms with van der Waals surface area (Å²) in [6.45, 7) is 19.8. The van der Waals surface area contributed by atoms with Crippen molar-refractivity contribution in [3.63, 3.8) is 0 Å². The first-order valence-electron chi connectivity index (χ1n) is 12.9. The second kappa shape index (κ2) is 15.5. The van der Waals surface area contributed by atoms with Gasteiger partial charge in [-0.1, -0.05) is 0 Å². The lowest BCUT2D eigenvalue weighted by atomic mass is 10.1. The van der Waals surface area contributed by atoms with E-state index >= 15 is 4.39 Å². The predicted molar refractivity (Wildman–Crippen MR) is 152 cm³/mol. The Morgan fingerprint density at radius 2 is 1.90 bits per heavy atom. The number of methoxy groups -OCH3 is 1. The molecule has 1 saturated heterocycles. The normalized spacial score (nSPS) is 22.8. The summed E-state index contributed by atoms with van der Waals surface area (Å²) in [6, 6.07) is -0.0836. The van der Waals surface area contributed by atoms with Crippen LogP contribution in [0.3, 0.4) is 0 Å². The molecule has 0 aromatic carbocycles. The maximum atomic E-state index is 15.8. The Labute approximate surface area is 235 Å². The summed E-state index contributed by atoms with van der Waals surface area (Å²) in [7, 11) is -3.36. The summed E-state index contributed by atoms with van der Waals surface area (Å²) in [5.41, 5.74) is -1.11. The predicted octanol–water partition coefficient (Wildman–Crippen LogP) is 3.87. The van der Waals surface area contributed by atoms with Gasteiger partial charge in [0.1, 0.15) is 37.9 Å². The van der Waals surface area contributed by atoms with Crippen LogP contribution in [0.15, 0.2) is 27.4 Å². The highest BCUT2D eigenvalue weighted by molar-refractivity contribution is 7.65. The van der Waals surface area contributed by atoms with E-state index in [9.17, 15) is 14.2 Å². The molecule has 1 unspecified atom stereocenters. The Balaban J connectivity index is 2.68. The van der Waals surface area contributed by atoms with Gasteiger partial charge >= 0.3 is 5.69 Å². The summed E-state index contributed by atoms with van der Waals surface area (Å²) in [6.07, 6.45) is -3.54. The lowest BCUT2D eigenvalue weighted by Gasteiger charge is -2.38. The van der Waals surface area contributed by atoms with Gasteiger partial charge in [0.25, 0.3) is 14.1 Å². The Hall–Kier alpha value is -1.74. The molecule has 2 heterocycles. The van der Waals surface area contributed by atoms with Gasteiger partial charge in [-0.25, -0.2) is 20.4 Å². The van der Waals surface area contributed by atoms with Crippen LogP contribution in [0.1, 0.15) is 39.5 Å². The topological polar surface area (TPSA) is 126 Å². The van der Waals surface area contributed by atoms with Crippen LogP contribution in [0.4, 0.5) is 4.39 Å². The number of hydrogen-bond donors (Lipinski definition) is 1. The second-order valence-electron chi connectivity index (χ2n) is 10.3. The highest BCUT2D eigenvalue weighted by Crippen LogP contribution is 2.52. The quantitative estimate of drug-likeness (QED) is 0.180. The van der Waals surface area contributed by atoms with Crippen LogP contribution >= 0.6 is 15.7 Å². The highest BCUT2D eigenvalue weighted by atomic mass is 31.2. The van der Waals surface area contributed by atoms with Crippen LogP contribution in [-0.4, -0.2) is 91.4 Å². The molecule has 1 fully saturated rings. The van der Waals surface area contributed by atoms with E-state index in [-0.39, 0.29) is 44.0 Å². The van der Waals surface area contributed by atoms with Gasteiger partial charge in [-0.3, -0.25) is 14.3 Å². The van der Waals surface area contributed by atoms with Crippen molar-refractivity contribution >= 4 is 15.7 Å². The van der Waals surface area contributed by atoms with Crippen molar-refractivity contribution in [2.24, 2.45) is 0 Å². The van der Waals surface area contributed by atoms with Crippen molar-refractivity contribution in [3.8, 4) is 0 Å². The number of H-pyrrole nitrogens is 1. The van der Waals surface area contributed by atoms with Crippen LogP contribution in [0.25, 0.3) is 4.85 Å². The smallest absolute Gasteiger partial charge is 0.330 e. The standard InChI is InChI=1S/C25H41FN4O8P2/c1-16(2)30(17(3)4)39(36-11-10-27-6)38-21-20(19(26)15-40(8,9)33)37-24(22(21)35-13-12-34-7)29-14-18(5)23(31)28-25(29)32/h14-17,20-22,24H,10-13H2,1-5,7-9H3,(H,28,31,32)/b19-15-/t20-,21-,22-,24-,39?/m1/s1. The van der Waals surface area contributed by atoms with E-state index < -0.39 is 57.3 Å². The van der Waals surface area contributed by atoms with Crippen LogP contribution in [-0.2, 0) is 27.8 Å². The molecule has 1 aliphatic rings. The number of aryl methyl sites for hydroxylation is 1. The Morgan fingerprint density at radius 3 is 2.45 bits per heavy atom. The maximum absolute atomic E-state index is 15.8. The molecule has 1 N–H and O–H groups in total. The fraction of sp³-hybridized carbons (Fsp3) is 0.720. The number of nitrogens with zero attached hydrogens (tertiary/aromatic N) is 3. The molecular formula is C25H41FN4O8P2. The van der Waals surface area contributed by atoms with Crippen LogP contribution < -0.4 is 11.2 Å².